The monoisotopic (exact) mass is 635 g/mol. The van der Waals surface area contributed by atoms with Crippen molar-refractivity contribution in [1.82, 2.24) is 25.8 Å². The van der Waals surface area contributed by atoms with Crippen LogP contribution in [0.15, 0.2) is 72.9 Å². The number of para-hydroxylation sites is 1. The predicted octanol–water partition coefficient (Wildman–Crippen LogP) is 3.24. The molecule has 5 rings (SSSR count). The van der Waals surface area contributed by atoms with Crippen LogP contribution in [0.3, 0.4) is 0 Å². The van der Waals surface area contributed by atoms with Gasteiger partial charge in [-0.15, -0.1) is 0 Å². The van der Waals surface area contributed by atoms with Gasteiger partial charge in [0.1, 0.15) is 5.75 Å². The fourth-order valence-electron chi connectivity index (χ4n) is 5.47. The van der Waals surface area contributed by atoms with Crippen molar-refractivity contribution >= 4 is 28.6 Å². The number of hydrogen-bond acceptors (Lipinski definition) is 6. The van der Waals surface area contributed by atoms with Crippen LogP contribution in [-0.4, -0.2) is 84.2 Å². The minimum absolute atomic E-state index is 0.0379. The molecule has 10 heteroatoms. The van der Waals surface area contributed by atoms with Crippen LogP contribution < -0.4 is 20.7 Å². The summed E-state index contributed by atoms with van der Waals surface area (Å²) in [6, 6.07) is 19.7. The van der Waals surface area contributed by atoms with Gasteiger partial charge >= 0.3 is 0 Å². The highest BCUT2D eigenvalue weighted by Crippen LogP contribution is 2.23. The second-order valence-corrected chi connectivity index (χ2v) is 11.9. The van der Waals surface area contributed by atoms with Crippen molar-refractivity contribution in [2.24, 2.45) is 0 Å². The number of nitrogens with zero attached hydrogens (tertiary/aromatic N) is 1. The summed E-state index contributed by atoms with van der Waals surface area (Å²) in [6.45, 7) is 6.72. The Morgan fingerprint density at radius 2 is 1.79 bits per heavy atom. The van der Waals surface area contributed by atoms with Gasteiger partial charge < -0.3 is 30.8 Å². The second-order valence-electron chi connectivity index (χ2n) is 11.9. The van der Waals surface area contributed by atoms with Crippen molar-refractivity contribution in [3.05, 3.63) is 101 Å². The number of amides is 3. The van der Waals surface area contributed by atoms with E-state index in [0.29, 0.717) is 48.5 Å². The maximum Gasteiger partial charge on any atom is 0.255 e. The van der Waals surface area contributed by atoms with E-state index in [1.54, 1.807) is 42.5 Å². The number of fused-ring (bicyclic) bond motifs is 1. The molecule has 0 spiro atoms. The zero-order valence-electron chi connectivity index (χ0n) is 26.8. The lowest BCUT2D eigenvalue weighted by Crippen LogP contribution is -2.48. The van der Waals surface area contributed by atoms with E-state index in [2.05, 4.69) is 37.7 Å². The third-order valence-corrected chi connectivity index (χ3v) is 7.84. The SMILES string of the molecule is CC(C)Oc1ccc(C#Cc2ccc(C(=O)NCCCN3CCNC(=O)C3)cc2)cc1C(=O)N[C@@H](CO)Cc1c[nH]c2ccccc12. The van der Waals surface area contributed by atoms with E-state index in [1.165, 1.54) is 0 Å². The standard InChI is InChI=1S/C37H41N5O5/c1-25(2)47-34-15-12-27(20-32(34)37(46)41-30(24-43)21-29-22-40-33-7-4-3-6-31(29)33)9-8-26-10-13-28(14-11-26)36(45)39-16-5-18-42-19-17-38-35(44)23-42/h3-4,6-7,10-15,20,22,25,30,40,43H,5,16-19,21,23-24H2,1-2H3,(H,38,44)(H,39,45)(H,41,46)/t30-/m1/s1. The fraction of sp³-hybridized carbons (Fsp3) is 0.324. The zero-order valence-corrected chi connectivity index (χ0v) is 26.8. The van der Waals surface area contributed by atoms with Crippen LogP contribution in [0, 0.1) is 11.8 Å². The number of aliphatic hydroxyl groups is 1. The molecule has 2 heterocycles. The normalized spacial score (nSPS) is 13.8. The summed E-state index contributed by atoms with van der Waals surface area (Å²) in [5.74, 6) is 6.17. The molecule has 1 saturated heterocycles. The Morgan fingerprint density at radius 1 is 1.02 bits per heavy atom. The Balaban J connectivity index is 1.21. The molecule has 1 fully saturated rings. The largest absolute Gasteiger partial charge is 0.490 e. The van der Waals surface area contributed by atoms with Crippen molar-refractivity contribution in [3.8, 4) is 17.6 Å². The summed E-state index contributed by atoms with van der Waals surface area (Å²) in [6.07, 6.45) is 2.97. The number of nitrogens with one attached hydrogen (secondary N) is 4. The van der Waals surface area contributed by atoms with Gasteiger partial charge in [-0.1, -0.05) is 30.0 Å². The van der Waals surface area contributed by atoms with Crippen molar-refractivity contribution < 1.29 is 24.2 Å². The van der Waals surface area contributed by atoms with Gasteiger partial charge in [0, 0.05) is 60.0 Å². The molecule has 5 N–H and O–H groups in total. The number of aromatic nitrogens is 1. The fourth-order valence-corrected chi connectivity index (χ4v) is 5.47. The molecular formula is C37H41N5O5. The predicted molar refractivity (Wildman–Crippen MR) is 181 cm³/mol. The van der Waals surface area contributed by atoms with Crippen molar-refractivity contribution in [3.63, 3.8) is 0 Å². The quantitative estimate of drug-likeness (QED) is 0.120. The number of carbonyl (C=O) groups is 3. The van der Waals surface area contributed by atoms with E-state index >= 15 is 0 Å². The molecule has 3 amide bonds. The average molecular weight is 636 g/mol. The number of aromatic amines is 1. The van der Waals surface area contributed by atoms with E-state index in [4.69, 9.17) is 4.74 Å². The van der Waals surface area contributed by atoms with E-state index in [1.807, 2.05) is 44.3 Å². The maximum absolute atomic E-state index is 13.5. The topological polar surface area (TPSA) is 136 Å². The highest BCUT2D eigenvalue weighted by molar-refractivity contribution is 5.97. The first kappa shape index (κ1) is 33.3. The zero-order chi connectivity index (χ0) is 33.2. The molecule has 0 aliphatic carbocycles. The minimum Gasteiger partial charge on any atom is -0.490 e. The van der Waals surface area contributed by atoms with Gasteiger partial charge in [-0.3, -0.25) is 19.3 Å². The van der Waals surface area contributed by atoms with Gasteiger partial charge in [0.2, 0.25) is 5.91 Å². The Kier molecular flexibility index (Phi) is 11.3. The van der Waals surface area contributed by atoms with Crippen molar-refractivity contribution in [2.75, 3.05) is 39.3 Å². The molecule has 0 unspecified atom stereocenters. The summed E-state index contributed by atoms with van der Waals surface area (Å²) in [4.78, 5) is 42.9. The summed E-state index contributed by atoms with van der Waals surface area (Å²) >= 11 is 0. The van der Waals surface area contributed by atoms with Gasteiger partial charge in [0.05, 0.1) is 30.9 Å². The molecule has 47 heavy (non-hydrogen) atoms. The van der Waals surface area contributed by atoms with Gasteiger partial charge in [0.25, 0.3) is 11.8 Å². The van der Waals surface area contributed by atoms with E-state index in [9.17, 15) is 19.5 Å². The molecule has 0 radical (unpaired) electrons. The Labute approximate surface area is 274 Å². The van der Waals surface area contributed by atoms with E-state index in [0.717, 1.165) is 41.5 Å². The van der Waals surface area contributed by atoms with Crippen molar-refractivity contribution in [1.29, 1.82) is 0 Å². The van der Waals surface area contributed by atoms with E-state index in [-0.39, 0.29) is 30.4 Å². The molecule has 0 saturated carbocycles. The molecule has 3 aromatic carbocycles. The highest BCUT2D eigenvalue weighted by Gasteiger charge is 2.20. The number of hydrogen-bond donors (Lipinski definition) is 5. The molecular weight excluding hydrogens is 594 g/mol. The van der Waals surface area contributed by atoms with Gasteiger partial charge in [-0.2, -0.15) is 0 Å². The number of benzene rings is 3. The first-order chi connectivity index (χ1) is 22.8. The summed E-state index contributed by atoms with van der Waals surface area (Å²) in [5, 5.41) is 19.9. The van der Waals surface area contributed by atoms with Crippen LogP contribution in [0.25, 0.3) is 10.9 Å². The molecule has 244 valence electrons. The lowest BCUT2D eigenvalue weighted by Gasteiger charge is -2.26. The summed E-state index contributed by atoms with van der Waals surface area (Å²) in [5.41, 5.74) is 4.21. The molecule has 1 aliphatic heterocycles. The second kappa shape index (κ2) is 15.9. The molecule has 0 bridgehead atoms. The number of H-pyrrole nitrogens is 1. The highest BCUT2D eigenvalue weighted by atomic mass is 16.5. The number of rotatable bonds is 12. The van der Waals surface area contributed by atoms with Crippen LogP contribution in [-0.2, 0) is 11.2 Å². The molecule has 1 aromatic heterocycles. The third kappa shape index (κ3) is 9.22. The van der Waals surface area contributed by atoms with Crippen LogP contribution in [0.5, 0.6) is 5.75 Å². The molecule has 4 aromatic rings. The van der Waals surface area contributed by atoms with E-state index < -0.39 is 6.04 Å². The maximum atomic E-state index is 13.5. The Bertz CT molecular complexity index is 1770. The van der Waals surface area contributed by atoms with Gasteiger partial charge in [-0.05, 0) is 80.8 Å². The third-order valence-electron chi connectivity index (χ3n) is 7.84. The van der Waals surface area contributed by atoms with Crippen LogP contribution in [0.2, 0.25) is 0 Å². The summed E-state index contributed by atoms with van der Waals surface area (Å²) in [7, 11) is 0. The average Bonchev–Trinajstić information content (AvgIpc) is 3.48. The number of aliphatic hydroxyl groups excluding tert-OH is 1. The van der Waals surface area contributed by atoms with Gasteiger partial charge in [0.15, 0.2) is 0 Å². The van der Waals surface area contributed by atoms with Gasteiger partial charge in [-0.25, -0.2) is 0 Å². The molecule has 10 nitrogen and oxygen atoms in total. The minimum atomic E-state index is -0.503. The lowest BCUT2D eigenvalue weighted by molar-refractivity contribution is -0.124. The Hall–Kier alpha value is -5.11. The lowest BCUT2D eigenvalue weighted by atomic mass is 10.0. The van der Waals surface area contributed by atoms with Crippen LogP contribution >= 0.6 is 0 Å². The number of carbonyl (C=O) groups excluding carboxylic acids is 3. The smallest absolute Gasteiger partial charge is 0.255 e. The molecule has 1 aliphatic rings. The number of piperazine rings is 1. The van der Waals surface area contributed by atoms with Crippen molar-refractivity contribution in [2.45, 2.75) is 38.8 Å². The van der Waals surface area contributed by atoms with Crippen LogP contribution in [0.1, 0.15) is 57.7 Å². The Morgan fingerprint density at radius 3 is 2.55 bits per heavy atom. The van der Waals surface area contributed by atoms with Crippen LogP contribution in [0.4, 0.5) is 0 Å². The number of ether oxygens (including phenoxy) is 1. The first-order valence-corrected chi connectivity index (χ1v) is 16.0. The summed E-state index contributed by atoms with van der Waals surface area (Å²) < 4.78 is 5.94. The molecule has 1 atom stereocenters. The first-order valence-electron chi connectivity index (χ1n) is 16.0.